The van der Waals surface area contributed by atoms with E-state index in [9.17, 15) is 9.18 Å². The fraction of sp³-hybridized carbons (Fsp3) is 0.231. The maximum absolute atomic E-state index is 13.7. The fourth-order valence-corrected chi connectivity index (χ4v) is 1.86. The molecule has 100 valence electrons. The van der Waals surface area contributed by atoms with E-state index in [0.29, 0.717) is 6.54 Å². The van der Waals surface area contributed by atoms with Gasteiger partial charge in [0, 0.05) is 31.5 Å². The molecule has 0 spiro atoms. The first-order valence-corrected chi connectivity index (χ1v) is 6.03. The van der Waals surface area contributed by atoms with Crippen LogP contribution in [0.2, 0.25) is 5.02 Å². The maximum atomic E-state index is 13.7. The zero-order valence-electron chi connectivity index (χ0n) is 10.6. The van der Waals surface area contributed by atoms with Crippen molar-refractivity contribution in [3.05, 3.63) is 52.8 Å². The van der Waals surface area contributed by atoms with Crippen LogP contribution < -0.4 is 0 Å². The lowest BCUT2D eigenvalue weighted by molar-refractivity contribution is 0.0776. The van der Waals surface area contributed by atoms with E-state index in [1.807, 2.05) is 11.6 Å². The predicted molar refractivity (Wildman–Crippen MR) is 70.4 cm³/mol. The maximum Gasteiger partial charge on any atom is 0.256 e. The Labute approximate surface area is 115 Å². The molecule has 1 amide bonds. The Balaban J connectivity index is 2.17. The van der Waals surface area contributed by atoms with Gasteiger partial charge in [-0.3, -0.25) is 4.79 Å². The van der Waals surface area contributed by atoms with Crippen LogP contribution in [0.25, 0.3) is 0 Å². The molecule has 0 atom stereocenters. The van der Waals surface area contributed by atoms with Crippen molar-refractivity contribution in [2.75, 3.05) is 7.05 Å². The number of halogens is 2. The van der Waals surface area contributed by atoms with E-state index in [0.717, 1.165) is 11.9 Å². The van der Waals surface area contributed by atoms with Crippen LogP contribution in [0.15, 0.2) is 30.6 Å². The first kappa shape index (κ1) is 13.5. The van der Waals surface area contributed by atoms with Gasteiger partial charge in [-0.1, -0.05) is 11.6 Å². The van der Waals surface area contributed by atoms with Gasteiger partial charge in [0.25, 0.3) is 5.91 Å². The summed E-state index contributed by atoms with van der Waals surface area (Å²) in [6, 6.07) is 4.00. The molecule has 19 heavy (non-hydrogen) atoms. The van der Waals surface area contributed by atoms with Gasteiger partial charge in [0.05, 0.1) is 12.1 Å². The third kappa shape index (κ3) is 2.93. The Morgan fingerprint density at radius 1 is 1.53 bits per heavy atom. The van der Waals surface area contributed by atoms with E-state index in [1.54, 1.807) is 19.4 Å². The average molecular weight is 282 g/mol. The van der Waals surface area contributed by atoms with Crippen molar-refractivity contribution in [1.29, 1.82) is 0 Å². The van der Waals surface area contributed by atoms with Crippen LogP contribution in [0.3, 0.4) is 0 Å². The summed E-state index contributed by atoms with van der Waals surface area (Å²) in [5.41, 5.74) is 0.00103. The topological polar surface area (TPSA) is 38.1 Å². The smallest absolute Gasteiger partial charge is 0.256 e. The Morgan fingerprint density at radius 3 is 2.84 bits per heavy atom. The lowest BCUT2D eigenvalue weighted by Gasteiger charge is -2.17. The SMILES string of the molecule is CN(Cc1nccn1C)C(=O)c1ccc(Cl)cc1F. The molecule has 2 rings (SSSR count). The van der Waals surface area contributed by atoms with Gasteiger partial charge in [0.15, 0.2) is 0 Å². The van der Waals surface area contributed by atoms with Crippen LogP contribution in [-0.2, 0) is 13.6 Å². The van der Waals surface area contributed by atoms with Crippen molar-refractivity contribution in [2.45, 2.75) is 6.54 Å². The first-order chi connectivity index (χ1) is 8.99. The lowest BCUT2D eigenvalue weighted by Crippen LogP contribution is -2.28. The molecule has 1 aromatic carbocycles. The summed E-state index contributed by atoms with van der Waals surface area (Å²) in [4.78, 5) is 17.7. The molecule has 0 bridgehead atoms. The third-order valence-corrected chi connectivity index (χ3v) is 3.04. The number of hydrogen-bond acceptors (Lipinski definition) is 2. The Morgan fingerprint density at radius 2 is 2.26 bits per heavy atom. The number of carbonyl (C=O) groups is 1. The van der Waals surface area contributed by atoms with E-state index >= 15 is 0 Å². The second-order valence-corrected chi connectivity index (χ2v) is 4.68. The number of imidazole rings is 1. The van der Waals surface area contributed by atoms with E-state index in [1.165, 1.54) is 17.0 Å². The van der Waals surface area contributed by atoms with Gasteiger partial charge >= 0.3 is 0 Å². The molecule has 0 fully saturated rings. The van der Waals surface area contributed by atoms with Crippen LogP contribution in [0.4, 0.5) is 4.39 Å². The Bertz CT molecular complexity index is 612. The number of nitrogens with zero attached hydrogens (tertiary/aromatic N) is 3. The molecule has 0 N–H and O–H groups in total. The molecule has 6 heteroatoms. The Hall–Kier alpha value is -1.88. The summed E-state index contributed by atoms with van der Waals surface area (Å²) in [5.74, 6) is -0.299. The van der Waals surface area contributed by atoms with Gasteiger partial charge in [-0.25, -0.2) is 9.37 Å². The predicted octanol–water partition coefficient (Wildman–Crippen LogP) is 2.48. The van der Waals surface area contributed by atoms with E-state index in [4.69, 9.17) is 11.6 Å². The van der Waals surface area contributed by atoms with Crippen LogP contribution in [0.1, 0.15) is 16.2 Å². The van der Waals surface area contributed by atoms with Gasteiger partial charge < -0.3 is 9.47 Å². The highest BCUT2D eigenvalue weighted by molar-refractivity contribution is 6.30. The van der Waals surface area contributed by atoms with Crippen molar-refractivity contribution >= 4 is 17.5 Å². The summed E-state index contributed by atoms with van der Waals surface area (Å²) in [5, 5.41) is 0.265. The van der Waals surface area contributed by atoms with Gasteiger partial charge in [-0.15, -0.1) is 0 Å². The highest BCUT2D eigenvalue weighted by Crippen LogP contribution is 2.16. The standard InChI is InChI=1S/C13H13ClFN3O/c1-17-6-5-16-12(17)8-18(2)13(19)10-4-3-9(14)7-11(10)15/h3-7H,8H2,1-2H3. The Kier molecular flexibility index (Phi) is 3.85. The molecule has 0 unspecified atom stereocenters. The summed E-state index contributed by atoms with van der Waals surface area (Å²) >= 11 is 5.66. The van der Waals surface area contributed by atoms with E-state index in [2.05, 4.69) is 4.98 Å². The van der Waals surface area contributed by atoms with Gasteiger partial charge in [0.1, 0.15) is 11.6 Å². The quantitative estimate of drug-likeness (QED) is 0.867. The lowest BCUT2D eigenvalue weighted by atomic mass is 10.2. The molecule has 2 aromatic rings. The zero-order valence-corrected chi connectivity index (χ0v) is 11.4. The van der Waals surface area contributed by atoms with Crippen LogP contribution in [-0.4, -0.2) is 27.4 Å². The summed E-state index contributed by atoms with van der Waals surface area (Å²) in [6.07, 6.45) is 3.44. The molecular formula is C13H13ClFN3O. The largest absolute Gasteiger partial charge is 0.337 e. The number of rotatable bonds is 3. The molecule has 0 aliphatic rings. The highest BCUT2D eigenvalue weighted by atomic mass is 35.5. The number of aryl methyl sites for hydroxylation is 1. The molecule has 0 aliphatic heterocycles. The molecular weight excluding hydrogens is 269 g/mol. The minimum absolute atomic E-state index is 0.00103. The molecule has 1 aromatic heterocycles. The number of benzene rings is 1. The summed E-state index contributed by atoms with van der Waals surface area (Å²) < 4.78 is 15.5. The van der Waals surface area contributed by atoms with Crippen molar-refractivity contribution in [3.8, 4) is 0 Å². The second kappa shape index (κ2) is 5.40. The third-order valence-electron chi connectivity index (χ3n) is 2.81. The van der Waals surface area contributed by atoms with Gasteiger partial charge in [-0.05, 0) is 18.2 Å². The van der Waals surface area contributed by atoms with E-state index in [-0.39, 0.29) is 10.6 Å². The number of aromatic nitrogens is 2. The minimum atomic E-state index is -0.621. The molecule has 0 radical (unpaired) electrons. The number of amides is 1. The van der Waals surface area contributed by atoms with Crippen LogP contribution in [0, 0.1) is 5.82 Å². The average Bonchev–Trinajstić information content (AvgIpc) is 2.74. The van der Waals surface area contributed by atoms with Crippen molar-refractivity contribution in [3.63, 3.8) is 0 Å². The van der Waals surface area contributed by atoms with Crippen molar-refractivity contribution in [1.82, 2.24) is 14.5 Å². The van der Waals surface area contributed by atoms with Crippen molar-refractivity contribution < 1.29 is 9.18 Å². The highest BCUT2D eigenvalue weighted by Gasteiger charge is 2.17. The van der Waals surface area contributed by atoms with E-state index < -0.39 is 11.7 Å². The number of hydrogen-bond donors (Lipinski definition) is 0. The molecule has 1 heterocycles. The molecule has 0 saturated carbocycles. The summed E-state index contributed by atoms with van der Waals surface area (Å²) in [7, 11) is 3.44. The first-order valence-electron chi connectivity index (χ1n) is 5.65. The molecule has 4 nitrogen and oxygen atoms in total. The number of carbonyl (C=O) groups excluding carboxylic acids is 1. The zero-order chi connectivity index (χ0) is 14.0. The minimum Gasteiger partial charge on any atom is -0.337 e. The van der Waals surface area contributed by atoms with Crippen molar-refractivity contribution in [2.24, 2.45) is 7.05 Å². The monoisotopic (exact) mass is 281 g/mol. The molecule has 0 aliphatic carbocycles. The second-order valence-electron chi connectivity index (χ2n) is 4.24. The van der Waals surface area contributed by atoms with Crippen LogP contribution >= 0.6 is 11.6 Å². The molecule has 0 saturated heterocycles. The van der Waals surface area contributed by atoms with Gasteiger partial charge in [0.2, 0.25) is 0 Å². The normalized spacial score (nSPS) is 10.5. The van der Waals surface area contributed by atoms with Gasteiger partial charge in [-0.2, -0.15) is 0 Å². The van der Waals surface area contributed by atoms with Crippen LogP contribution in [0.5, 0.6) is 0 Å². The fourth-order valence-electron chi connectivity index (χ4n) is 1.70. The summed E-state index contributed by atoms with van der Waals surface area (Å²) in [6.45, 7) is 0.310.